The van der Waals surface area contributed by atoms with Gasteiger partial charge in [-0.1, -0.05) is 0 Å². The molecule has 1 atom stereocenters. The molecule has 2 heterocycles. The van der Waals surface area contributed by atoms with E-state index in [9.17, 15) is 0 Å². The summed E-state index contributed by atoms with van der Waals surface area (Å²) in [6.45, 7) is 3.90. The third-order valence-corrected chi connectivity index (χ3v) is 2.66. The van der Waals surface area contributed by atoms with E-state index in [2.05, 4.69) is 11.9 Å². The van der Waals surface area contributed by atoms with Crippen LogP contribution < -0.4 is 5.73 Å². The van der Waals surface area contributed by atoms with Gasteiger partial charge in [0.05, 0.1) is 13.2 Å². The van der Waals surface area contributed by atoms with Crippen LogP contribution in [-0.2, 0) is 4.74 Å². The van der Waals surface area contributed by atoms with Gasteiger partial charge in [-0.3, -0.25) is 0 Å². The molecule has 0 aromatic rings. The molecule has 0 aliphatic carbocycles. The van der Waals surface area contributed by atoms with Crippen molar-refractivity contribution in [2.75, 3.05) is 33.4 Å². The number of likely N-dealkylation sites (tertiary alicyclic amines) is 1. The van der Waals surface area contributed by atoms with Crippen molar-refractivity contribution in [3.05, 3.63) is 0 Å². The second-order valence-corrected chi connectivity index (χ2v) is 3.66. The van der Waals surface area contributed by atoms with Crippen LogP contribution in [0.3, 0.4) is 0 Å². The Morgan fingerprint density at radius 3 is 2.50 bits per heavy atom. The van der Waals surface area contributed by atoms with Crippen molar-refractivity contribution in [2.45, 2.75) is 6.04 Å². The number of hydrogen-bond donors (Lipinski definition) is 1. The molecule has 2 aliphatic heterocycles. The fourth-order valence-corrected chi connectivity index (χ4v) is 1.92. The highest BCUT2D eigenvalue weighted by atomic mass is 16.5. The molecule has 0 radical (unpaired) electrons. The van der Waals surface area contributed by atoms with Gasteiger partial charge in [0, 0.05) is 24.5 Å². The van der Waals surface area contributed by atoms with E-state index >= 15 is 0 Å². The number of rotatable bonds is 0. The number of likely N-dealkylation sites (N-methyl/N-ethyl adjacent to an activating group) is 1. The zero-order chi connectivity index (χ0) is 7.19. The van der Waals surface area contributed by atoms with E-state index in [-0.39, 0.29) is 0 Å². The first-order valence-electron chi connectivity index (χ1n) is 3.75. The molecule has 0 saturated carbocycles. The summed E-state index contributed by atoms with van der Waals surface area (Å²) in [5.74, 6) is 0. The molecule has 0 amide bonds. The van der Waals surface area contributed by atoms with Crippen molar-refractivity contribution < 1.29 is 4.74 Å². The van der Waals surface area contributed by atoms with Gasteiger partial charge >= 0.3 is 0 Å². The van der Waals surface area contributed by atoms with Crippen molar-refractivity contribution >= 4 is 0 Å². The molecule has 3 heteroatoms. The van der Waals surface area contributed by atoms with Crippen LogP contribution in [0.15, 0.2) is 0 Å². The van der Waals surface area contributed by atoms with Crippen LogP contribution in [0.1, 0.15) is 0 Å². The molecule has 0 aromatic carbocycles. The van der Waals surface area contributed by atoms with Crippen LogP contribution in [0.25, 0.3) is 0 Å². The quantitative estimate of drug-likeness (QED) is 0.485. The lowest BCUT2D eigenvalue weighted by molar-refractivity contribution is -0.111. The first kappa shape index (κ1) is 6.58. The van der Waals surface area contributed by atoms with Crippen molar-refractivity contribution in [3.8, 4) is 0 Å². The Kier molecular flexibility index (Phi) is 1.27. The maximum absolute atomic E-state index is 5.94. The Bertz CT molecular complexity index is 145. The third kappa shape index (κ3) is 0.713. The fourth-order valence-electron chi connectivity index (χ4n) is 1.92. The average molecular weight is 142 g/mol. The topological polar surface area (TPSA) is 38.5 Å². The molecule has 1 unspecified atom stereocenters. The minimum atomic E-state index is 0.328. The number of nitrogens with zero attached hydrogens (tertiary/aromatic N) is 1. The standard InChI is InChI=1S/C7H14N2O/c1-9-2-6(8)7(3-9)4-10-5-7/h6H,2-5,8H2,1H3. The number of ether oxygens (including phenoxy) is 1. The highest BCUT2D eigenvalue weighted by Crippen LogP contribution is 2.35. The minimum absolute atomic E-state index is 0.328. The van der Waals surface area contributed by atoms with Gasteiger partial charge in [0.25, 0.3) is 0 Å². The van der Waals surface area contributed by atoms with Gasteiger partial charge in [-0.15, -0.1) is 0 Å². The lowest BCUT2D eigenvalue weighted by Crippen LogP contribution is -2.54. The zero-order valence-corrected chi connectivity index (χ0v) is 6.34. The summed E-state index contributed by atoms with van der Waals surface area (Å²) < 4.78 is 5.17. The predicted octanol–water partition coefficient (Wildman–Crippen LogP) is -0.724. The van der Waals surface area contributed by atoms with Crippen LogP contribution in [0.2, 0.25) is 0 Å². The Balaban J connectivity index is 2.08. The van der Waals surface area contributed by atoms with E-state index in [0.717, 1.165) is 26.3 Å². The van der Waals surface area contributed by atoms with Crippen LogP contribution in [0, 0.1) is 5.41 Å². The van der Waals surface area contributed by atoms with Crippen molar-refractivity contribution in [1.82, 2.24) is 4.90 Å². The van der Waals surface area contributed by atoms with E-state index in [1.807, 2.05) is 0 Å². The minimum Gasteiger partial charge on any atom is -0.380 e. The maximum Gasteiger partial charge on any atom is 0.0572 e. The maximum atomic E-state index is 5.94. The van der Waals surface area contributed by atoms with Crippen molar-refractivity contribution in [1.29, 1.82) is 0 Å². The smallest absolute Gasteiger partial charge is 0.0572 e. The molecular weight excluding hydrogens is 128 g/mol. The highest BCUT2D eigenvalue weighted by molar-refractivity contribution is 5.02. The van der Waals surface area contributed by atoms with E-state index < -0.39 is 0 Å². The Labute approximate surface area is 61.1 Å². The fraction of sp³-hybridized carbons (Fsp3) is 1.00. The van der Waals surface area contributed by atoms with E-state index in [4.69, 9.17) is 10.5 Å². The Hall–Kier alpha value is -0.120. The van der Waals surface area contributed by atoms with Crippen molar-refractivity contribution in [2.24, 2.45) is 11.1 Å². The Morgan fingerprint density at radius 1 is 1.60 bits per heavy atom. The molecule has 2 aliphatic rings. The summed E-state index contributed by atoms with van der Waals surface area (Å²) in [5.41, 5.74) is 6.27. The van der Waals surface area contributed by atoms with E-state index in [1.54, 1.807) is 0 Å². The summed E-state index contributed by atoms with van der Waals surface area (Å²) in [6.07, 6.45) is 0. The molecule has 2 N–H and O–H groups in total. The van der Waals surface area contributed by atoms with Gasteiger partial charge in [0.15, 0.2) is 0 Å². The molecule has 2 rings (SSSR count). The van der Waals surface area contributed by atoms with Gasteiger partial charge in [0.2, 0.25) is 0 Å². The molecule has 2 saturated heterocycles. The van der Waals surface area contributed by atoms with E-state index in [0.29, 0.717) is 11.5 Å². The lowest BCUT2D eigenvalue weighted by atomic mass is 9.82. The zero-order valence-electron chi connectivity index (χ0n) is 6.34. The van der Waals surface area contributed by atoms with Crippen molar-refractivity contribution in [3.63, 3.8) is 0 Å². The molecular formula is C7H14N2O. The van der Waals surface area contributed by atoms with Gasteiger partial charge in [-0.2, -0.15) is 0 Å². The van der Waals surface area contributed by atoms with Gasteiger partial charge in [-0.25, -0.2) is 0 Å². The molecule has 0 aromatic heterocycles. The summed E-state index contributed by atoms with van der Waals surface area (Å²) in [4.78, 5) is 2.28. The summed E-state index contributed by atoms with van der Waals surface area (Å²) in [6, 6.07) is 0.339. The molecule has 58 valence electrons. The van der Waals surface area contributed by atoms with Crippen LogP contribution in [-0.4, -0.2) is 44.3 Å². The van der Waals surface area contributed by atoms with E-state index in [1.165, 1.54) is 0 Å². The second-order valence-electron chi connectivity index (χ2n) is 3.66. The van der Waals surface area contributed by atoms with Gasteiger partial charge in [0.1, 0.15) is 0 Å². The monoisotopic (exact) mass is 142 g/mol. The first-order chi connectivity index (χ1) is 4.73. The molecule has 3 nitrogen and oxygen atoms in total. The SMILES string of the molecule is CN1CC(N)C2(COC2)C1. The molecule has 2 fully saturated rings. The third-order valence-electron chi connectivity index (χ3n) is 2.66. The molecule has 0 bridgehead atoms. The first-order valence-corrected chi connectivity index (χ1v) is 3.75. The number of nitrogens with two attached hydrogens (primary N) is 1. The van der Waals surface area contributed by atoms with Crippen LogP contribution >= 0.6 is 0 Å². The predicted molar refractivity (Wildman–Crippen MR) is 38.7 cm³/mol. The number of hydrogen-bond acceptors (Lipinski definition) is 3. The van der Waals surface area contributed by atoms with Crippen LogP contribution in [0.5, 0.6) is 0 Å². The van der Waals surface area contributed by atoms with Gasteiger partial charge < -0.3 is 15.4 Å². The van der Waals surface area contributed by atoms with Gasteiger partial charge in [-0.05, 0) is 7.05 Å². The largest absolute Gasteiger partial charge is 0.380 e. The summed E-state index contributed by atoms with van der Waals surface area (Å²) in [7, 11) is 2.12. The Morgan fingerprint density at radius 2 is 2.30 bits per heavy atom. The lowest BCUT2D eigenvalue weighted by Gasteiger charge is -2.40. The normalized spacial score (nSPS) is 38.4. The summed E-state index contributed by atoms with van der Waals surface area (Å²) in [5, 5.41) is 0. The average Bonchev–Trinajstić information content (AvgIpc) is 2.04. The molecule has 1 spiro atoms. The highest BCUT2D eigenvalue weighted by Gasteiger charge is 2.49. The van der Waals surface area contributed by atoms with Crippen LogP contribution in [0.4, 0.5) is 0 Å². The second kappa shape index (κ2) is 1.94. The molecule has 10 heavy (non-hydrogen) atoms. The summed E-state index contributed by atoms with van der Waals surface area (Å²) >= 11 is 0.